The lowest BCUT2D eigenvalue weighted by Gasteiger charge is -2.15. The number of sulfone groups is 1. The van der Waals surface area contributed by atoms with Crippen LogP contribution in [0.2, 0.25) is 0 Å². The summed E-state index contributed by atoms with van der Waals surface area (Å²) in [5.41, 5.74) is 1.42. The zero-order chi connectivity index (χ0) is 15.2. The van der Waals surface area contributed by atoms with Crippen molar-refractivity contribution >= 4 is 27.1 Å². The number of fused-ring (bicyclic) bond motifs is 3. The van der Waals surface area contributed by atoms with Gasteiger partial charge >= 0.3 is 0 Å². The fourth-order valence-electron chi connectivity index (χ4n) is 2.42. The Morgan fingerprint density at radius 2 is 2.00 bits per heavy atom. The van der Waals surface area contributed by atoms with Crippen molar-refractivity contribution in [2.24, 2.45) is 0 Å². The number of carbonyl (C=O) groups is 1. The third-order valence-electron chi connectivity index (χ3n) is 3.26. The molecule has 0 atom stereocenters. The van der Waals surface area contributed by atoms with Gasteiger partial charge < -0.3 is 5.32 Å². The molecule has 0 saturated carbocycles. The minimum Gasteiger partial charge on any atom is -0.349 e. The Bertz CT molecular complexity index is 819. The molecular formula is C15H15NO3S2. The highest BCUT2D eigenvalue weighted by atomic mass is 32.2. The third kappa shape index (κ3) is 2.49. The monoisotopic (exact) mass is 321 g/mol. The van der Waals surface area contributed by atoms with E-state index in [-0.39, 0.29) is 17.7 Å². The Morgan fingerprint density at radius 3 is 2.71 bits per heavy atom. The molecule has 6 heteroatoms. The van der Waals surface area contributed by atoms with E-state index in [4.69, 9.17) is 0 Å². The quantitative estimate of drug-likeness (QED) is 0.925. The SMILES string of the molecule is CC(C)NC(=O)c1cc2c(s1)-c1ccccc1S(=O)(=O)C2. The van der Waals surface area contributed by atoms with Crippen LogP contribution in [-0.2, 0) is 15.6 Å². The first-order valence-electron chi connectivity index (χ1n) is 6.64. The van der Waals surface area contributed by atoms with E-state index in [0.717, 1.165) is 4.88 Å². The Morgan fingerprint density at radius 1 is 1.29 bits per heavy atom. The largest absolute Gasteiger partial charge is 0.349 e. The van der Waals surface area contributed by atoms with Crippen LogP contribution >= 0.6 is 11.3 Å². The van der Waals surface area contributed by atoms with Crippen LogP contribution in [0.5, 0.6) is 0 Å². The molecule has 0 radical (unpaired) electrons. The zero-order valence-corrected chi connectivity index (χ0v) is 13.3. The van der Waals surface area contributed by atoms with E-state index in [1.807, 2.05) is 19.9 Å². The molecule has 2 aromatic rings. The smallest absolute Gasteiger partial charge is 0.261 e. The lowest BCUT2D eigenvalue weighted by atomic mass is 10.1. The van der Waals surface area contributed by atoms with E-state index >= 15 is 0 Å². The summed E-state index contributed by atoms with van der Waals surface area (Å²) in [7, 11) is -3.32. The maximum absolute atomic E-state index is 12.3. The van der Waals surface area contributed by atoms with E-state index in [0.29, 0.717) is 20.9 Å². The highest BCUT2D eigenvalue weighted by Gasteiger charge is 2.30. The number of amides is 1. The fraction of sp³-hybridized carbons (Fsp3) is 0.267. The minimum atomic E-state index is -3.32. The molecule has 1 aromatic heterocycles. The van der Waals surface area contributed by atoms with Crippen molar-refractivity contribution in [2.45, 2.75) is 30.5 Å². The van der Waals surface area contributed by atoms with Crippen molar-refractivity contribution in [3.63, 3.8) is 0 Å². The third-order valence-corrected chi connectivity index (χ3v) is 6.19. The average Bonchev–Trinajstić information content (AvgIpc) is 2.81. The van der Waals surface area contributed by atoms with Gasteiger partial charge in [-0.2, -0.15) is 0 Å². The number of hydrogen-bond acceptors (Lipinski definition) is 4. The van der Waals surface area contributed by atoms with Gasteiger partial charge in [0.2, 0.25) is 0 Å². The molecule has 0 unspecified atom stereocenters. The van der Waals surface area contributed by atoms with Gasteiger partial charge in [-0.1, -0.05) is 18.2 Å². The molecular weight excluding hydrogens is 306 g/mol. The predicted molar refractivity (Wildman–Crippen MR) is 83.2 cm³/mol. The number of benzene rings is 1. The van der Waals surface area contributed by atoms with E-state index in [2.05, 4.69) is 5.32 Å². The molecule has 0 spiro atoms. The molecule has 0 aliphatic carbocycles. The van der Waals surface area contributed by atoms with Gasteiger partial charge in [0.25, 0.3) is 5.91 Å². The van der Waals surface area contributed by atoms with Crippen LogP contribution in [0.4, 0.5) is 0 Å². The summed E-state index contributed by atoms with van der Waals surface area (Å²) < 4.78 is 24.6. The molecule has 0 saturated heterocycles. The van der Waals surface area contributed by atoms with Crippen LogP contribution < -0.4 is 5.32 Å². The lowest BCUT2D eigenvalue weighted by Crippen LogP contribution is -2.29. The van der Waals surface area contributed by atoms with Crippen LogP contribution in [0.25, 0.3) is 10.4 Å². The Balaban J connectivity index is 2.11. The van der Waals surface area contributed by atoms with Crippen molar-refractivity contribution in [3.05, 3.63) is 40.8 Å². The fourth-order valence-corrected chi connectivity index (χ4v) is 5.28. The van der Waals surface area contributed by atoms with Crippen LogP contribution in [0.15, 0.2) is 35.2 Å². The van der Waals surface area contributed by atoms with Crippen molar-refractivity contribution in [1.29, 1.82) is 0 Å². The lowest BCUT2D eigenvalue weighted by molar-refractivity contribution is 0.0947. The molecule has 0 fully saturated rings. The molecule has 1 aliphatic heterocycles. The summed E-state index contributed by atoms with van der Waals surface area (Å²) in [6.07, 6.45) is 0. The van der Waals surface area contributed by atoms with Crippen molar-refractivity contribution < 1.29 is 13.2 Å². The summed E-state index contributed by atoms with van der Waals surface area (Å²) in [4.78, 5) is 13.9. The van der Waals surface area contributed by atoms with Gasteiger partial charge in [-0.3, -0.25) is 4.79 Å². The number of hydrogen-bond donors (Lipinski definition) is 1. The molecule has 3 rings (SSSR count). The Labute approximate surface area is 127 Å². The maximum Gasteiger partial charge on any atom is 0.261 e. The van der Waals surface area contributed by atoms with Gasteiger partial charge in [0, 0.05) is 16.5 Å². The molecule has 0 bridgehead atoms. The molecule has 1 N–H and O–H groups in total. The number of carbonyl (C=O) groups excluding carboxylic acids is 1. The second kappa shape index (κ2) is 4.96. The molecule has 1 aliphatic rings. The number of rotatable bonds is 2. The highest BCUT2D eigenvalue weighted by Crippen LogP contribution is 2.42. The molecule has 1 aromatic carbocycles. The summed E-state index contributed by atoms with van der Waals surface area (Å²) in [5, 5.41) is 2.83. The van der Waals surface area contributed by atoms with Gasteiger partial charge in [-0.25, -0.2) is 8.42 Å². The Hall–Kier alpha value is -1.66. The van der Waals surface area contributed by atoms with E-state index in [9.17, 15) is 13.2 Å². The van der Waals surface area contributed by atoms with E-state index < -0.39 is 9.84 Å². The second-order valence-corrected chi connectivity index (χ2v) is 8.36. The van der Waals surface area contributed by atoms with Gasteiger partial charge in [0.05, 0.1) is 15.5 Å². The molecule has 2 heterocycles. The van der Waals surface area contributed by atoms with Crippen LogP contribution in [-0.4, -0.2) is 20.4 Å². The first-order chi connectivity index (χ1) is 9.88. The summed E-state index contributed by atoms with van der Waals surface area (Å²) in [5.74, 6) is -0.190. The normalized spacial score (nSPS) is 15.4. The van der Waals surface area contributed by atoms with Gasteiger partial charge in [0.15, 0.2) is 9.84 Å². The summed E-state index contributed by atoms with van der Waals surface area (Å²) in [6.45, 7) is 3.79. The van der Waals surface area contributed by atoms with Crippen molar-refractivity contribution in [3.8, 4) is 10.4 Å². The summed E-state index contributed by atoms with van der Waals surface area (Å²) in [6, 6.07) is 8.71. The first-order valence-corrected chi connectivity index (χ1v) is 9.11. The van der Waals surface area contributed by atoms with Crippen LogP contribution in [0.3, 0.4) is 0 Å². The predicted octanol–water partition coefficient (Wildman–Crippen LogP) is 2.84. The van der Waals surface area contributed by atoms with Gasteiger partial charge in [-0.05, 0) is 31.5 Å². The first kappa shape index (κ1) is 14.3. The van der Waals surface area contributed by atoms with E-state index in [1.54, 1.807) is 24.3 Å². The number of thiophene rings is 1. The van der Waals surface area contributed by atoms with Crippen LogP contribution in [0.1, 0.15) is 29.1 Å². The van der Waals surface area contributed by atoms with E-state index in [1.165, 1.54) is 11.3 Å². The van der Waals surface area contributed by atoms with Crippen LogP contribution in [0, 0.1) is 0 Å². The second-order valence-electron chi connectivity index (χ2n) is 5.35. The molecule has 21 heavy (non-hydrogen) atoms. The molecule has 4 nitrogen and oxygen atoms in total. The Kier molecular flexibility index (Phi) is 3.37. The standard InChI is InChI=1S/C15H15NO3S2/c1-9(2)16-15(17)12-7-10-8-21(18,19)13-6-4-3-5-11(13)14(10)20-12/h3-7,9H,8H2,1-2H3,(H,16,17). The van der Waals surface area contributed by atoms with Gasteiger partial charge in [-0.15, -0.1) is 11.3 Å². The molecule has 1 amide bonds. The van der Waals surface area contributed by atoms with Crippen molar-refractivity contribution in [1.82, 2.24) is 5.32 Å². The highest BCUT2D eigenvalue weighted by molar-refractivity contribution is 7.91. The number of nitrogens with one attached hydrogen (secondary N) is 1. The zero-order valence-electron chi connectivity index (χ0n) is 11.7. The summed E-state index contributed by atoms with van der Waals surface area (Å²) >= 11 is 1.35. The maximum atomic E-state index is 12.3. The van der Waals surface area contributed by atoms with Gasteiger partial charge in [0.1, 0.15) is 0 Å². The average molecular weight is 321 g/mol. The molecule has 110 valence electrons. The topological polar surface area (TPSA) is 63.2 Å². The minimum absolute atomic E-state index is 0.0369. The van der Waals surface area contributed by atoms with Crippen molar-refractivity contribution in [2.75, 3.05) is 0 Å².